The molecule has 0 aromatic carbocycles. The van der Waals surface area contributed by atoms with Crippen LogP contribution in [0, 0.1) is 5.41 Å². The van der Waals surface area contributed by atoms with Crippen molar-refractivity contribution in [3.8, 4) is 0 Å². The van der Waals surface area contributed by atoms with E-state index < -0.39 is 17.4 Å². The molecule has 0 aliphatic rings. The van der Waals surface area contributed by atoms with Gasteiger partial charge in [-0.3, -0.25) is 9.59 Å². The lowest BCUT2D eigenvalue weighted by molar-refractivity contribution is -0.173. The molecular formula is C13H24O4. The van der Waals surface area contributed by atoms with Gasteiger partial charge < -0.3 is 9.47 Å². The van der Waals surface area contributed by atoms with Gasteiger partial charge in [-0.1, -0.05) is 27.7 Å². The molecule has 0 aromatic rings. The lowest BCUT2D eigenvalue weighted by Gasteiger charge is -2.26. The maximum absolute atomic E-state index is 12.0. The van der Waals surface area contributed by atoms with Crippen LogP contribution >= 0.6 is 0 Å². The van der Waals surface area contributed by atoms with Gasteiger partial charge in [-0.2, -0.15) is 0 Å². The van der Waals surface area contributed by atoms with Crippen molar-refractivity contribution in [2.45, 2.75) is 53.4 Å². The SMILES string of the molecule is CCCOC(=O)C(CC)(CC)C(=O)OCCC. The maximum Gasteiger partial charge on any atom is 0.323 e. The Morgan fingerprint density at radius 1 is 0.824 bits per heavy atom. The Balaban J connectivity index is 4.75. The van der Waals surface area contributed by atoms with Gasteiger partial charge in [-0.25, -0.2) is 0 Å². The molecule has 0 atom stereocenters. The van der Waals surface area contributed by atoms with Crippen molar-refractivity contribution in [1.29, 1.82) is 0 Å². The Bertz CT molecular complexity index is 222. The van der Waals surface area contributed by atoms with Crippen LogP contribution in [0.4, 0.5) is 0 Å². The van der Waals surface area contributed by atoms with E-state index in [1.165, 1.54) is 0 Å². The average molecular weight is 244 g/mol. The molecule has 4 nitrogen and oxygen atoms in total. The van der Waals surface area contributed by atoms with E-state index in [0.29, 0.717) is 26.1 Å². The summed E-state index contributed by atoms with van der Waals surface area (Å²) in [6.07, 6.45) is 2.32. The molecule has 0 saturated carbocycles. The zero-order valence-corrected chi connectivity index (χ0v) is 11.4. The molecule has 0 amide bonds. The minimum absolute atomic E-state index is 0.349. The van der Waals surface area contributed by atoms with E-state index in [1.807, 2.05) is 27.7 Å². The number of esters is 2. The van der Waals surface area contributed by atoms with Crippen LogP contribution in [0.2, 0.25) is 0 Å². The first kappa shape index (κ1) is 15.9. The molecule has 0 fully saturated rings. The highest BCUT2D eigenvalue weighted by Crippen LogP contribution is 2.30. The lowest BCUT2D eigenvalue weighted by atomic mass is 9.82. The summed E-state index contributed by atoms with van der Waals surface area (Å²) in [4.78, 5) is 23.9. The Morgan fingerprint density at radius 3 is 1.41 bits per heavy atom. The number of ether oxygens (including phenoxy) is 2. The standard InChI is InChI=1S/C13H24O4/c1-5-9-16-11(14)13(7-3,8-4)12(15)17-10-6-2/h5-10H2,1-4H3. The monoisotopic (exact) mass is 244 g/mol. The fraction of sp³-hybridized carbons (Fsp3) is 0.846. The number of carbonyl (C=O) groups is 2. The number of hydrogen-bond acceptors (Lipinski definition) is 4. The quantitative estimate of drug-likeness (QED) is 0.486. The fourth-order valence-corrected chi connectivity index (χ4v) is 1.58. The maximum atomic E-state index is 12.0. The Morgan fingerprint density at radius 2 is 1.18 bits per heavy atom. The highest BCUT2D eigenvalue weighted by Gasteiger charge is 2.45. The number of hydrogen-bond donors (Lipinski definition) is 0. The minimum Gasteiger partial charge on any atom is -0.465 e. The second kappa shape index (κ2) is 8.09. The van der Waals surface area contributed by atoms with Crippen molar-refractivity contribution in [1.82, 2.24) is 0 Å². The van der Waals surface area contributed by atoms with Crippen molar-refractivity contribution < 1.29 is 19.1 Å². The van der Waals surface area contributed by atoms with Gasteiger partial charge in [-0.05, 0) is 25.7 Å². The second-order valence-corrected chi connectivity index (χ2v) is 4.06. The number of carbonyl (C=O) groups excluding carboxylic acids is 2. The molecule has 100 valence electrons. The van der Waals surface area contributed by atoms with Crippen LogP contribution in [0.25, 0.3) is 0 Å². The van der Waals surface area contributed by atoms with Crippen molar-refractivity contribution in [3.05, 3.63) is 0 Å². The highest BCUT2D eigenvalue weighted by molar-refractivity contribution is 5.99. The van der Waals surface area contributed by atoms with E-state index in [4.69, 9.17) is 9.47 Å². The second-order valence-electron chi connectivity index (χ2n) is 4.06. The molecule has 0 aliphatic heterocycles. The first-order valence-electron chi connectivity index (χ1n) is 6.43. The molecule has 0 spiro atoms. The smallest absolute Gasteiger partial charge is 0.323 e. The van der Waals surface area contributed by atoms with E-state index >= 15 is 0 Å². The normalized spacial score (nSPS) is 11.1. The molecule has 4 heteroatoms. The molecule has 0 aromatic heterocycles. The predicted octanol–water partition coefficient (Wildman–Crippen LogP) is 2.70. The zero-order chi connectivity index (χ0) is 13.3. The van der Waals surface area contributed by atoms with Gasteiger partial charge in [0, 0.05) is 0 Å². The van der Waals surface area contributed by atoms with Crippen LogP contribution in [0.15, 0.2) is 0 Å². The molecule has 0 heterocycles. The van der Waals surface area contributed by atoms with Gasteiger partial charge in [0.1, 0.15) is 0 Å². The van der Waals surface area contributed by atoms with Crippen molar-refractivity contribution >= 4 is 11.9 Å². The summed E-state index contributed by atoms with van der Waals surface area (Å²) >= 11 is 0. The topological polar surface area (TPSA) is 52.6 Å². The third-order valence-electron chi connectivity index (χ3n) is 2.86. The van der Waals surface area contributed by atoms with Gasteiger partial charge in [-0.15, -0.1) is 0 Å². The van der Waals surface area contributed by atoms with Crippen LogP contribution in [-0.2, 0) is 19.1 Å². The van der Waals surface area contributed by atoms with E-state index in [2.05, 4.69) is 0 Å². The third-order valence-corrected chi connectivity index (χ3v) is 2.86. The van der Waals surface area contributed by atoms with Crippen LogP contribution < -0.4 is 0 Å². The zero-order valence-electron chi connectivity index (χ0n) is 11.4. The Labute approximate surface area is 104 Å². The largest absolute Gasteiger partial charge is 0.465 e. The van der Waals surface area contributed by atoms with Crippen molar-refractivity contribution in [2.75, 3.05) is 13.2 Å². The van der Waals surface area contributed by atoms with E-state index in [1.54, 1.807) is 0 Å². The molecule has 17 heavy (non-hydrogen) atoms. The van der Waals surface area contributed by atoms with Crippen LogP contribution in [0.1, 0.15) is 53.4 Å². The molecule has 0 aliphatic carbocycles. The van der Waals surface area contributed by atoms with E-state index in [9.17, 15) is 9.59 Å². The summed E-state index contributed by atoms with van der Waals surface area (Å²) in [7, 11) is 0. The number of rotatable bonds is 8. The molecule has 0 saturated heterocycles. The molecular weight excluding hydrogens is 220 g/mol. The van der Waals surface area contributed by atoms with Gasteiger partial charge in [0.05, 0.1) is 13.2 Å². The summed E-state index contributed by atoms with van der Waals surface area (Å²) in [5, 5.41) is 0. The van der Waals surface area contributed by atoms with Crippen LogP contribution in [0.5, 0.6) is 0 Å². The van der Waals surface area contributed by atoms with Gasteiger partial charge in [0.15, 0.2) is 5.41 Å². The van der Waals surface area contributed by atoms with Crippen LogP contribution in [0.3, 0.4) is 0 Å². The fourth-order valence-electron chi connectivity index (χ4n) is 1.58. The summed E-state index contributed by atoms with van der Waals surface area (Å²) in [5.74, 6) is -0.907. The van der Waals surface area contributed by atoms with E-state index in [0.717, 1.165) is 12.8 Å². The molecule has 0 radical (unpaired) electrons. The van der Waals surface area contributed by atoms with Gasteiger partial charge >= 0.3 is 11.9 Å². The van der Waals surface area contributed by atoms with Crippen molar-refractivity contribution in [3.63, 3.8) is 0 Å². The lowest BCUT2D eigenvalue weighted by Crippen LogP contribution is -2.41. The van der Waals surface area contributed by atoms with E-state index in [-0.39, 0.29) is 0 Å². The first-order valence-corrected chi connectivity index (χ1v) is 6.43. The van der Waals surface area contributed by atoms with Gasteiger partial charge in [0.2, 0.25) is 0 Å². The Kier molecular flexibility index (Phi) is 7.59. The summed E-state index contributed by atoms with van der Waals surface area (Å²) < 4.78 is 10.2. The molecule has 0 N–H and O–H groups in total. The van der Waals surface area contributed by atoms with Crippen molar-refractivity contribution in [2.24, 2.45) is 5.41 Å². The summed E-state index contributed by atoms with van der Waals surface area (Å²) in [6.45, 7) is 8.15. The average Bonchev–Trinajstić information content (AvgIpc) is 2.35. The minimum atomic E-state index is -1.12. The molecule has 0 rings (SSSR count). The third kappa shape index (κ3) is 4.02. The first-order chi connectivity index (χ1) is 8.08. The predicted molar refractivity (Wildman–Crippen MR) is 65.5 cm³/mol. The molecule has 0 bridgehead atoms. The summed E-state index contributed by atoms with van der Waals surface area (Å²) in [6, 6.07) is 0. The Hall–Kier alpha value is -1.06. The van der Waals surface area contributed by atoms with Crippen LogP contribution in [-0.4, -0.2) is 25.2 Å². The molecule has 0 unspecified atom stereocenters. The highest BCUT2D eigenvalue weighted by atomic mass is 16.6. The van der Waals surface area contributed by atoms with Gasteiger partial charge in [0.25, 0.3) is 0 Å². The summed E-state index contributed by atoms with van der Waals surface area (Å²) in [5.41, 5.74) is -1.12.